The number of aromatic nitrogens is 4. The van der Waals surface area contributed by atoms with E-state index in [2.05, 4.69) is 20.6 Å². The number of hydrogen-bond donors (Lipinski definition) is 1. The quantitative estimate of drug-likeness (QED) is 0.541. The molecule has 2 amide bonds. The number of benzene rings is 1. The minimum Gasteiger partial charge on any atom is -0.493 e. The fraction of sp³-hybridized carbons (Fsp3) is 0.400. The van der Waals surface area contributed by atoms with Gasteiger partial charge >= 0.3 is 0 Å². The smallest absolute Gasteiger partial charge is 0.274 e. The van der Waals surface area contributed by atoms with Crippen LogP contribution in [-0.4, -0.2) is 75.1 Å². The summed E-state index contributed by atoms with van der Waals surface area (Å²) in [5, 5.41) is 11.3. The fourth-order valence-corrected chi connectivity index (χ4v) is 4.79. The number of carbonyl (C=O) groups excluding carboxylic acids is 2. The number of rotatable bonds is 1. The minimum absolute atomic E-state index is 0.112. The van der Waals surface area contributed by atoms with Gasteiger partial charge in [0.15, 0.2) is 11.4 Å². The first-order valence-electron chi connectivity index (χ1n) is 12.1. The Bertz CT molecular complexity index is 1290. The van der Waals surface area contributed by atoms with Crippen molar-refractivity contribution in [3.8, 4) is 11.5 Å². The predicted molar refractivity (Wildman–Crippen MR) is 126 cm³/mol. The Morgan fingerprint density at radius 2 is 2.03 bits per heavy atom. The lowest BCUT2D eigenvalue weighted by molar-refractivity contribution is 0.0290. The Morgan fingerprint density at radius 3 is 2.97 bits per heavy atom. The maximum absolute atomic E-state index is 13.4. The third-order valence-corrected chi connectivity index (χ3v) is 6.62. The second-order valence-corrected chi connectivity index (χ2v) is 9.09. The number of likely N-dealkylation sites (tertiary alicyclic amines) is 1. The number of aryl methyl sites for hydroxylation is 1. The molecule has 1 N–H and O–H groups in total. The van der Waals surface area contributed by atoms with E-state index in [0.29, 0.717) is 49.9 Å². The van der Waals surface area contributed by atoms with Crippen LogP contribution >= 0.6 is 0 Å². The molecule has 0 saturated carbocycles. The Balaban J connectivity index is 1.26. The zero-order chi connectivity index (χ0) is 24.5. The first-order valence-corrected chi connectivity index (χ1v) is 12.1. The monoisotopic (exact) mass is 490 g/mol. The van der Waals surface area contributed by atoms with E-state index in [9.17, 15) is 9.59 Å². The van der Waals surface area contributed by atoms with Gasteiger partial charge in [0.05, 0.1) is 38.1 Å². The number of hydrogen-bond acceptors (Lipinski definition) is 8. The fourth-order valence-electron chi connectivity index (χ4n) is 4.79. The van der Waals surface area contributed by atoms with Crippen molar-refractivity contribution in [1.82, 2.24) is 30.2 Å². The molecule has 1 saturated heterocycles. The molecule has 2 atom stereocenters. The van der Waals surface area contributed by atoms with Crippen LogP contribution in [0.15, 0.2) is 42.7 Å². The lowest BCUT2D eigenvalue weighted by atomic mass is 10.0. The SMILES string of the molecule is O=C1N[C@H]2CN(C(=O)c3ccc4c(c3)CCCO4)C[C@@H]2OCc2cn(nn2)CCOc2cccnc21. The first kappa shape index (κ1) is 22.5. The van der Waals surface area contributed by atoms with Gasteiger partial charge in [-0.25, -0.2) is 9.67 Å². The van der Waals surface area contributed by atoms with Crippen molar-refractivity contribution < 1.29 is 23.8 Å². The zero-order valence-corrected chi connectivity index (χ0v) is 19.6. The van der Waals surface area contributed by atoms with Crippen LogP contribution in [0.4, 0.5) is 0 Å². The summed E-state index contributed by atoms with van der Waals surface area (Å²) >= 11 is 0. The second-order valence-electron chi connectivity index (χ2n) is 9.09. The highest BCUT2D eigenvalue weighted by Gasteiger charge is 2.38. The molecule has 6 rings (SSSR count). The number of ether oxygens (including phenoxy) is 3. The average molecular weight is 491 g/mol. The number of amides is 2. The molecule has 11 heteroatoms. The number of nitrogens with zero attached hydrogens (tertiary/aromatic N) is 5. The first-order chi connectivity index (χ1) is 17.6. The van der Waals surface area contributed by atoms with E-state index < -0.39 is 12.1 Å². The summed E-state index contributed by atoms with van der Waals surface area (Å²) in [7, 11) is 0. The maximum Gasteiger partial charge on any atom is 0.274 e. The van der Waals surface area contributed by atoms with Gasteiger partial charge in [-0.2, -0.15) is 0 Å². The van der Waals surface area contributed by atoms with Crippen molar-refractivity contribution in [2.45, 2.75) is 38.1 Å². The van der Waals surface area contributed by atoms with E-state index in [1.807, 2.05) is 12.1 Å². The number of fused-ring (bicyclic) bond motifs is 5. The van der Waals surface area contributed by atoms with Crippen LogP contribution in [0.2, 0.25) is 0 Å². The van der Waals surface area contributed by atoms with Crippen LogP contribution in [0.5, 0.6) is 11.5 Å². The molecule has 2 aromatic heterocycles. The Labute approximate surface area is 207 Å². The Kier molecular flexibility index (Phi) is 5.98. The highest BCUT2D eigenvalue weighted by molar-refractivity contribution is 5.96. The molecule has 3 aliphatic heterocycles. The highest BCUT2D eigenvalue weighted by atomic mass is 16.5. The Hall–Kier alpha value is -3.99. The lowest BCUT2D eigenvalue weighted by Gasteiger charge is -2.20. The third-order valence-electron chi connectivity index (χ3n) is 6.62. The molecule has 0 unspecified atom stereocenters. The van der Waals surface area contributed by atoms with Crippen molar-refractivity contribution in [3.05, 3.63) is 65.2 Å². The molecule has 2 bridgehead atoms. The van der Waals surface area contributed by atoms with E-state index in [1.54, 1.807) is 40.2 Å². The van der Waals surface area contributed by atoms with E-state index >= 15 is 0 Å². The summed E-state index contributed by atoms with van der Waals surface area (Å²) in [5.74, 6) is 0.731. The molecule has 1 fully saturated rings. The van der Waals surface area contributed by atoms with E-state index in [-0.39, 0.29) is 24.1 Å². The molecule has 5 heterocycles. The average Bonchev–Trinajstić information content (AvgIpc) is 3.53. The third kappa shape index (κ3) is 4.49. The van der Waals surface area contributed by atoms with Crippen LogP contribution in [-0.2, 0) is 24.3 Å². The summed E-state index contributed by atoms with van der Waals surface area (Å²) in [5.41, 5.74) is 2.49. The van der Waals surface area contributed by atoms with Crippen LogP contribution in [0.3, 0.4) is 0 Å². The highest BCUT2D eigenvalue weighted by Crippen LogP contribution is 2.27. The number of nitrogens with one attached hydrogen (secondary N) is 1. The number of carbonyl (C=O) groups is 2. The topological polar surface area (TPSA) is 121 Å². The van der Waals surface area contributed by atoms with Crippen molar-refractivity contribution in [1.29, 1.82) is 0 Å². The van der Waals surface area contributed by atoms with Gasteiger partial charge in [-0.3, -0.25) is 9.59 Å². The molecule has 3 aliphatic rings. The van der Waals surface area contributed by atoms with Crippen LogP contribution in [0.1, 0.15) is 38.5 Å². The molecule has 36 heavy (non-hydrogen) atoms. The molecule has 0 spiro atoms. The number of pyridine rings is 1. The molecule has 0 radical (unpaired) electrons. The molecule has 0 aliphatic carbocycles. The van der Waals surface area contributed by atoms with E-state index in [4.69, 9.17) is 14.2 Å². The minimum atomic E-state index is -0.435. The standard InChI is InChI=1S/C25H26N6O5/c32-24-23-21(4-1-7-26-23)35-10-8-31-12-18(28-29-31)15-36-22-14-30(13-19(22)27-24)25(33)17-5-6-20-16(11-17)3-2-9-34-20/h1,4-7,11-12,19,22H,2-3,8-10,13-15H2,(H,27,32)/t19-,22-/m0/s1. The van der Waals surface area contributed by atoms with Gasteiger partial charge in [-0.1, -0.05) is 5.21 Å². The molecule has 186 valence electrons. The predicted octanol–water partition coefficient (Wildman–Crippen LogP) is 1.23. The van der Waals surface area contributed by atoms with Gasteiger partial charge in [0.25, 0.3) is 11.8 Å². The van der Waals surface area contributed by atoms with Crippen LogP contribution < -0.4 is 14.8 Å². The summed E-state index contributed by atoms with van der Waals surface area (Å²) in [6, 6.07) is 8.55. The molecular weight excluding hydrogens is 464 g/mol. The van der Waals surface area contributed by atoms with E-state index in [0.717, 1.165) is 24.2 Å². The van der Waals surface area contributed by atoms with Gasteiger partial charge in [0.1, 0.15) is 18.1 Å². The van der Waals surface area contributed by atoms with E-state index in [1.165, 1.54) is 0 Å². The normalized spacial score (nSPS) is 21.7. The van der Waals surface area contributed by atoms with Crippen molar-refractivity contribution in [3.63, 3.8) is 0 Å². The lowest BCUT2D eigenvalue weighted by Crippen LogP contribution is -2.44. The molecule has 3 aromatic rings. The molecular formula is C25H26N6O5. The van der Waals surface area contributed by atoms with Crippen molar-refractivity contribution >= 4 is 11.8 Å². The maximum atomic E-state index is 13.4. The van der Waals surface area contributed by atoms with Crippen LogP contribution in [0, 0.1) is 0 Å². The zero-order valence-electron chi connectivity index (χ0n) is 19.6. The van der Waals surface area contributed by atoms with Crippen LogP contribution in [0.25, 0.3) is 0 Å². The summed E-state index contributed by atoms with van der Waals surface area (Å²) in [6.45, 7) is 2.31. The van der Waals surface area contributed by atoms with Gasteiger partial charge < -0.3 is 24.4 Å². The second kappa shape index (κ2) is 9.57. The van der Waals surface area contributed by atoms with Gasteiger partial charge in [0.2, 0.25) is 0 Å². The van der Waals surface area contributed by atoms with Gasteiger partial charge in [-0.15, -0.1) is 5.10 Å². The summed E-state index contributed by atoms with van der Waals surface area (Å²) in [6.07, 6.45) is 4.74. The summed E-state index contributed by atoms with van der Waals surface area (Å²) in [4.78, 5) is 32.6. The van der Waals surface area contributed by atoms with Crippen molar-refractivity contribution in [2.24, 2.45) is 0 Å². The van der Waals surface area contributed by atoms with Crippen molar-refractivity contribution in [2.75, 3.05) is 26.3 Å². The summed E-state index contributed by atoms with van der Waals surface area (Å²) < 4.78 is 19.3. The largest absolute Gasteiger partial charge is 0.493 e. The molecule has 11 nitrogen and oxygen atoms in total. The molecule has 1 aromatic carbocycles. The van der Waals surface area contributed by atoms with Gasteiger partial charge in [-0.05, 0) is 48.7 Å². The van der Waals surface area contributed by atoms with Gasteiger partial charge in [0, 0.05) is 24.8 Å². The Morgan fingerprint density at radius 1 is 1.11 bits per heavy atom.